The summed E-state index contributed by atoms with van der Waals surface area (Å²) >= 11 is 1.88. The van der Waals surface area contributed by atoms with Gasteiger partial charge in [-0.15, -0.1) is 11.3 Å². The Labute approximate surface area is 319 Å². The van der Waals surface area contributed by atoms with Gasteiger partial charge in [0.25, 0.3) is 0 Å². The summed E-state index contributed by atoms with van der Waals surface area (Å²) in [7, 11) is 0. The number of ether oxygens (including phenoxy) is 1. The van der Waals surface area contributed by atoms with Crippen LogP contribution in [0.15, 0.2) is 161 Å². The lowest BCUT2D eigenvalue weighted by Gasteiger charge is -2.21. The minimum absolute atomic E-state index is 0.000793. The van der Waals surface area contributed by atoms with Crippen LogP contribution in [-0.2, 0) is 5.41 Å². The highest BCUT2D eigenvalue weighted by atomic mass is 32.1. The van der Waals surface area contributed by atoms with Gasteiger partial charge >= 0.3 is 0 Å². The molecule has 0 spiro atoms. The van der Waals surface area contributed by atoms with Crippen molar-refractivity contribution in [2.24, 2.45) is 9.98 Å². The van der Waals surface area contributed by atoms with E-state index in [1.165, 1.54) is 64.7 Å². The van der Waals surface area contributed by atoms with Crippen LogP contribution < -0.4 is 4.74 Å². The Morgan fingerprint density at radius 3 is 2.41 bits per heavy atom. The predicted octanol–water partition coefficient (Wildman–Crippen LogP) is 13.1. The van der Waals surface area contributed by atoms with Crippen molar-refractivity contribution in [1.29, 1.82) is 0 Å². The topological polar surface area (TPSA) is 34.0 Å². The van der Waals surface area contributed by atoms with Gasteiger partial charge in [0.2, 0.25) is 0 Å². The van der Waals surface area contributed by atoms with Crippen LogP contribution in [0.4, 0.5) is 0 Å². The van der Waals surface area contributed by atoms with Crippen molar-refractivity contribution in [2.75, 3.05) is 0 Å². The fourth-order valence-electron chi connectivity index (χ4n) is 9.27. The summed E-state index contributed by atoms with van der Waals surface area (Å²) in [5, 5.41) is 2.63. The summed E-state index contributed by atoms with van der Waals surface area (Å²) in [6.07, 6.45) is 9.22. The van der Waals surface area contributed by atoms with Crippen LogP contribution in [0.3, 0.4) is 0 Å². The van der Waals surface area contributed by atoms with Crippen molar-refractivity contribution >= 4 is 43.1 Å². The Balaban J connectivity index is 0.979. The number of nitrogens with zero attached hydrogens (tertiary/aromatic N) is 2. The Hall–Kier alpha value is -5.84. The van der Waals surface area contributed by atoms with Crippen molar-refractivity contribution in [2.45, 2.75) is 50.5 Å². The molecule has 2 unspecified atom stereocenters. The number of hydrogen-bond acceptors (Lipinski definition) is 4. The summed E-state index contributed by atoms with van der Waals surface area (Å²) < 4.78 is 9.32. The monoisotopic (exact) mass is 714 g/mol. The van der Waals surface area contributed by atoms with Gasteiger partial charge in [-0.2, -0.15) is 0 Å². The van der Waals surface area contributed by atoms with Gasteiger partial charge in [-0.25, -0.2) is 4.99 Å². The van der Waals surface area contributed by atoms with Crippen molar-refractivity contribution in [1.82, 2.24) is 0 Å². The van der Waals surface area contributed by atoms with Crippen molar-refractivity contribution < 1.29 is 4.74 Å². The van der Waals surface area contributed by atoms with Crippen LogP contribution in [0.1, 0.15) is 78.5 Å². The van der Waals surface area contributed by atoms with Gasteiger partial charge in [-0.3, -0.25) is 4.99 Å². The second-order valence-corrected chi connectivity index (χ2v) is 16.6. The third kappa shape index (κ3) is 4.86. The molecular weight excluding hydrogens is 677 g/mol. The van der Waals surface area contributed by atoms with E-state index >= 15 is 0 Å². The summed E-state index contributed by atoms with van der Waals surface area (Å²) in [6, 6.07) is 46.6. The van der Waals surface area contributed by atoms with Crippen LogP contribution in [0.2, 0.25) is 0 Å². The van der Waals surface area contributed by atoms with Crippen LogP contribution in [0.25, 0.3) is 42.4 Å². The van der Waals surface area contributed by atoms with E-state index in [1.54, 1.807) is 0 Å². The molecule has 2 aliphatic heterocycles. The normalized spacial score (nSPS) is 19.3. The van der Waals surface area contributed by atoms with Crippen molar-refractivity contribution in [3.8, 4) is 28.0 Å². The molecule has 0 saturated heterocycles. The standard InChI is InChI=1S/C50H38N2OS/c1-50(2)40-24-22-32(29-39(40)46-41(50)25-23-36-34-16-6-8-20-44(34)53-47(36)46)31-14-10-15-33(28-31)42-26-27-43(52-49(51-42)30-12-4-3-5-13-30)38-19-11-18-37-35-17-7-9-21-45(35)54-48(37)38/h3-15,17-25,28-29,34,43H,16,26-27H2,1-2H3. The highest BCUT2D eigenvalue weighted by Crippen LogP contribution is 2.58. The highest BCUT2D eigenvalue weighted by Gasteiger charge is 2.42. The van der Waals surface area contributed by atoms with Crippen molar-refractivity contribution in [3.63, 3.8) is 0 Å². The SMILES string of the molecule is CC1(C)c2ccc(-c3cccc(C4=NC(c5ccccc5)=NC(c5cccc6c5sc5ccccc56)CC4)c3)cc2-c2c1ccc1c2OC2=CC=CCC21. The molecule has 54 heavy (non-hydrogen) atoms. The fourth-order valence-corrected chi connectivity index (χ4v) is 10.5. The molecule has 0 fully saturated rings. The number of hydrogen-bond donors (Lipinski definition) is 0. The molecule has 0 N–H and O–H groups in total. The number of allylic oxidation sites excluding steroid dienone is 4. The van der Waals surface area contributed by atoms with E-state index in [-0.39, 0.29) is 11.5 Å². The zero-order valence-electron chi connectivity index (χ0n) is 30.3. The van der Waals surface area contributed by atoms with Gasteiger partial charge in [-0.05, 0) is 82.5 Å². The van der Waals surface area contributed by atoms with Gasteiger partial charge in [0.1, 0.15) is 11.5 Å². The van der Waals surface area contributed by atoms with Crippen LogP contribution in [0.5, 0.6) is 5.75 Å². The highest BCUT2D eigenvalue weighted by molar-refractivity contribution is 7.26. The molecule has 1 aromatic heterocycles. The second-order valence-electron chi connectivity index (χ2n) is 15.5. The summed E-state index contributed by atoms with van der Waals surface area (Å²) in [5.41, 5.74) is 13.4. The number of fused-ring (bicyclic) bond motifs is 10. The lowest BCUT2D eigenvalue weighted by atomic mass is 9.81. The zero-order chi connectivity index (χ0) is 36.0. The molecule has 3 heterocycles. The van der Waals surface area contributed by atoms with E-state index in [4.69, 9.17) is 14.7 Å². The number of thiophene rings is 1. The number of benzene rings is 6. The van der Waals surface area contributed by atoms with E-state index in [9.17, 15) is 0 Å². The lowest BCUT2D eigenvalue weighted by molar-refractivity contribution is 0.426. The molecular formula is C50H38N2OS. The summed E-state index contributed by atoms with van der Waals surface area (Å²) in [5.74, 6) is 3.23. The molecule has 7 aromatic rings. The number of amidine groups is 1. The third-order valence-corrected chi connectivity index (χ3v) is 13.3. The average Bonchev–Trinajstić information content (AvgIpc) is 3.79. The summed E-state index contributed by atoms with van der Waals surface area (Å²) in [6.45, 7) is 4.69. The third-order valence-electron chi connectivity index (χ3n) is 12.1. The Bertz CT molecular complexity index is 2820. The number of aliphatic imine (C=N–C) groups is 2. The average molecular weight is 715 g/mol. The van der Waals surface area contributed by atoms with E-state index in [0.29, 0.717) is 5.92 Å². The van der Waals surface area contributed by atoms with Crippen LogP contribution in [0, 0.1) is 0 Å². The molecule has 3 nitrogen and oxygen atoms in total. The largest absolute Gasteiger partial charge is 0.460 e. The molecule has 2 aliphatic carbocycles. The Kier molecular flexibility index (Phi) is 7.09. The van der Waals surface area contributed by atoms with E-state index < -0.39 is 0 Å². The minimum Gasteiger partial charge on any atom is -0.460 e. The van der Waals surface area contributed by atoms with Crippen molar-refractivity contribution in [3.05, 3.63) is 185 Å². The second kappa shape index (κ2) is 12.1. The molecule has 0 amide bonds. The summed E-state index contributed by atoms with van der Waals surface area (Å²) in [4.78, 5) is 10.8. The van der Waals surface area contributed by atoms with Gasteiger partial charge in [0, 0.05) is 48.2 Å². The fraction of sp³-hybridized carbons (Fsp3) is 0.160. The van der Waals surface area contributed by atoms with Gasteiger partial charge in [-0.1, -0.05) is 135 Å². The molecule has 11 rings (SSSR count). The van der Waals surface area contributed by atoms with Crippen LogP contribution >= 0.6 is 11.3 Å². The van der Waals surface area contributed by atoms with Gasteiger partial charge < -0.3 is 4.74 Å². The maximum absolute atomic E-state index is 6.67. The predicted molar refractivity (Wildman–Crippen MR) is 225 cm³/mol. The first-order chi connectivity index (χ1) is 26.5. The first-order valence-electron chi connectivity index (χ1n) is 19.1. The maximum Gasteiger partial charge on any atom is 0.155 e. The zero-order valence-corrected chi connectivity index (χ0v) is 31.2. The molecule has 0 bridgehead atoms. The Morgan fingerprint density at radius 2 is 1.48 bits per heavy atom. The molecule has 2 atom stereocenters. The Morgan fingerprint density at radius 1 is 0.704 bits per heavy atom. The molecule has 0 radical (unpaired) electrons. The minimum atomic E-state index is -0.108. The smallest absolute Gasteiger partial charge is 0.155 e. The molecule has 260 valence electrons. The molecule has 4 aliphatic rings. The molecule has 0 saturated carbocycles. The van der Waals surface area contributed by atoms with Crippen LogP contribution in [-0.4, -0.2) is 11.5 Å². The molecule has 4 heteroatoms. The lowest BCUT2D eigenvalue weighted by Crippen LogP contribution is -2.14. The van der Waals surface area contributed by atoms with E-state index in [2.05, 4.69) is 159 Å². The maximum atomic E-state index is 6.67. The first-order valence-corrected chi connectivity index (χ1v) is 19.9. The quantitative estimate of drug-likeness (QED) is 0.179. The van der Waals surface area contributed by atoms with E-state index in [1.807, 2.05) is 11.3 Å². The van der Waals surface area contributed by atoms with Gasteiger partial charge in [0.05, 0.1) is 11.8 Å². The van der Waals surface area contributed by atoms with E-state index in [0.717, 1.165) is 53.4 Å². The van der Waals surface area contributed by atoms with Gasteiger partial charge in [0.15, 0.2) is 5.84 Å². The molecule has 6 aromatic carbocycles. The first kappa shape index (κ1) is 31.7. The number of rotatable bonds is 4.